The second-order valence-electron chi connectivity index (χ2n) is 6.47. The number of piperidine rings is 1. The molecule has 1 saturated heterocycles. The lowest BCUT2D eigenvalue weighted by Crippen LogP contribution is -2.44. The Morgan fingerprint density at radius 1 is 1.40 bits per heavy atom. The summed E-state index contributed by atoms with van der Waals surface area (Å²) in [5.41, 5.74) is 1.90. The van der Waals surface area contributed by atoms with Crippen molar-refractivity contribution in [3.63, 3.8) is 0 Å². The minimum absolute atomic E-state index is 0.0222. The summed E-state index contributed by atoms with van der Waals surface area (Å²) in [5, 5.41) is 3.94. The lowest BCUT2D eigenvalue weighted by atomic mass is 10.1. The van der Waals surface area contributed by atoms with Gasteiger partial charge in [0.05, 0.1) is 12.2 Å². The highest BCUT2D eigenvalue weighted by atomic mass is 16.5. The molecule has 0 radical (unpaired) electrons. The van der Waals surface area contributed by atoms with Gasteiger partial charge in [-0.2, -0.15) is 4.98 Å². The minimum Gasteiger partial charge on any atom is -0.472 e. The summed E-state index contributed by atoms with van der Waals surface area (Å²) in [6, 6.07) is 1.76. The molecule has 2 aromatic heterocycles. The maximum atomic E-state index is 12.6. The monoisotopic (exact) mass is 344 g/mol. The highest BCUT2D eigenvalue weighted by Gasteiger charge is 2.25. The Balaban J connectivity index is 1.54. The molecular weight excluding hydrogens is 320 g/mol. The van der Waals surface area contributed by atoms with E-state index in [1.807, 2.05) is 25.7 Å². The first-order chi connectivity index (χ1) is 12.0. The summed E-state index contributed by atoms with van der Waals surface area (Å²) in [7, 11) is 0. The van der Waals surface area contributed by atoms with Crippen LogP contribution >= 0.6 is 0 Å². The van der Waals surface area contributed by atoms with Crippen LogP contribution in [0.3, 0.4) is 0 Å². The van der Waals surface area contributed by atoms with E-state index in [0.29, 0.717) is 31.1 Å². The van der Waals surface area contributed by atoms with Crippen LogP contribution in [-0.4, -0.2) is 45.1 Å². The summed E-state index contributed by atoms with van der Waals surface area (Å²) < 4.78 is 11.1. The molecule has 3 rings (SSSR count). The molecular formula is C18H24N4O3. The third-order valence-electron chi connectivity index (χ3n) is 4.54. The van der Waals surface area contributed by atoms with Gasteiger partial charge in [-0.05, 0) is 40.0 Å². The van der Waals surface area contributed by atoms with Gasteiger partial charge in [0, 0.05) is 30.8 Å². The normalized spacial score (nSPS) is 17.6. The first kappa shape index (κ1) is 17.4. The lowest BCUT2D eigenvalue weighted by molar-refractivity contribution is -0.133. The van der Waals surface area contributed by atoms with Crippen molar-refractivity contribution >= 4 is 5.91 Å². The third-order valence-corrected chi connectivity index (χ3v) is 4.54. The van der Waals surface area contributed by atoms with Crippen LogP contribution in [0, 0.1) is 20.8 Å². The molecule has 2 aromatic rings. The average Bonchev–Trinajstić information content (AvgIpc) is 2.91. The molecule has 0 spiro atoms. The van der Waals surface area contributed by atoms with Gasteiger partial charge in [-0.3, -0.25) is 4.79 Å². The maximum Gasteiger partial charge on any atom is 0.223 e. The van der Waals surface area contributed by atoms with E-state index in [4.69, 9.17) is 9.26 Å². The fourth-order valence-corrected chi connectivity index (χ4v) is 3.18. The molecule has 1 atom stereocenters. The van der Waals surface area contributed by atoms with Gasteiger partial charge in [-0.15, -0.1) is 0 Å². The van der Waals surface area contributed by atoms with Crippen molar-refractivity contribution in [1.29, 1.82) is 0 Å². The SMILES string of the molecule is Cc1nccc(OC2CCCN(C(=O)CCc3c(C)noc3C)C2)n1. The first-order valence-corrected chi connectivity index (χ1v) is 8.68. The van der Waals surface area contributed by atoms with Gasteiger partial charge in [0.1, 0.15) is 17.7 Å². The van der Waals surface area contributed by atoms with E-state index >= 15 is 0 Å². The number of hydrogen-bond acceptors (Lipinski definition) is 6. The van der Waals surface area contributed by atoms with Crippen molar-refractivity contribution in [1.82, 2.24) is 20.0 Å². The molecule has 1 fully saturated rings. The number of amides is 1. The number of carbonyl (C=O) groups excluding carboxylic acids is 1. The summed E-state index contributed by atoms with van der Waals surface area (Å²) in [5.74, 6) is 2.19. The molecule has 0 aromatic carbocycles. The van der Waals surface area contributed by atoms with Crippen LogP contribution in [-0.2, 0) is 11.2 Å². The van der Waals surface area contributed by atoms with Crippen LogP contribution in [0.15, 0.2) is 16.8 Å². The van der Waals surface area contributed by atoms with Crippen molar-refractivity contribution in [3.05, 3.63) is 35.1 Å². The van der Waals surface area contributed by atoms with E-state index < -0.39 is 0 Å². The van der Waals surface area contributed by atoms with Crippen molar-refractivity contribution < 1.29 is 14.1 Å². The molecule has 7 heteroatoms. The topological polar surface area (TPSA) is 81.4 Å². The van der Waals surface area contributed by atoms with Crippen molar-refractivity contribution in [2.45, 2.75) is 52.6 Å². The van der Waals surface area contributed by atoms with E-state index in [-0.39, 0.29) is 12.0 Å². The number of hydrogen-bond donors (Lipinski definition) is 0. The number of ether oxygens (including phenoxy) is 1. The maximum absolute atomic E-state index is 12.6. The van der Waals surface area contributed by atoms with Gasteiger partial charge in [0.25, 0.3) is 0 Å². The molecule has 0 bridgehead atoms. The van der Waals surface area contributed by atoms with E-state index in [2.05, 4.69) is 15.1 Å². The first-order valence-electron chi connectivity index (χ1n) is 8.68. The fraction of sp³-hybridized carbons (Fsp3) is 0.556. The Labute approximate surface area is 147 Å². The summed E-state index contributed by atoms with van der Waals surface area (Å²) in [6.07, 6.45) is 4.65. The van der Waals surface area contributed by atoms with E-state index in [1.54, 1.807) is 12.3 Å². The smallest absolute Gasteiger partial charge is 0.223 e. The number of carbonyl (C=O) groups is 1. The van der Waals surface area contributed by atoms with Gasteiger partial charge < -0.3 is 14.2 Å². The predicted molar refractivity (Wildman–Crippen MR) is 91.3 cm³/mol. The average molecular weight is 344 g/mol. The molecule has 3 heterocycles. The van der Waals surface area contributed by atoms with Gasteiger partial charge in [-0.1, -0.05) is 5.16 Å². The number of nitrogens with zero attached hydrogens (tertiary/aromatic N) is 4. The number of aromatic nitrogens is 3. The van der Waals surface area contributed by atoms with Crippen LogP contribution in [0.2, 0.25) is 0 Å². The van der Waals surface area contributed by atoms with Crippen molar-refractivity contribution in [3.8, 4) is 5.88 Å². The zero-order valence-electron chi connectivity index (χ0n) is 15.0. The highest BCUT2D eigenvalue weighted by Crippen LogP contribution is 2.19. The van der Waals surface area contributed by atoms with E-state index in [9.17, 15) is 4.79 Å². The Kier molecular flexibility index (Phi) is 5.31. The highest BCUT2D eigenvalue weighted by molar-refractivity contribution is 5.76. The molecule has 134 valence electrons. The van der Waals surface area contributed by atoms with Crippen LogP contribution in [0.25, 0.3) is 0 Å². The Hall–Kier alpha value is -2.44. The largest absolute Gasteiger partial charge is 0.472 e. The Morgan fingerprint density at radius 2 is 2.24 bits per heavy atom. The molecule has 1 aliphatic rings. The molecule has 1 amide bonds. The Bertz CT molecular complexity index is 724. The van der Waals surface area contributed by atoms with Gasteiger partial charge in [0.2, 0.25) is 11.8 Å². The molecule has 1 unspecified atom stereocenters. The number of rotatable bonds is 5. The van der Waals surface area contributed by atoms with Crippen LogP contribution in [0.5, 0.6) is 5.88 Å². The van der Waals surface area contributed by atoms with E-state index in [1.165, 1.54) is 0 Å². The number of aryl methyl sites for hydroxylation is 3. The predicted octanol–water partition coefficient (Wildman–Crippen LogP) is 2.39. The van der Waals surface area contributed by atoms with E-state index in [0.717, 1.165) is 36.4 Å². The zero-order chi connectivity index (χ0) is 17.8. The third kappa shape index (κ3) is 4.35. The summed E-state index contributed by atoms with van der Waals surface area (Å²) in [6.45, 7) is 7.00. The standard InChI is InChI=1S/C18H24N4O3/c1-12-16(13(2)25-21-12)6-7-18(23)22-10-4-5-15(11-22)24-17-8-9-19-14(3)20-17/h8-9,15H,4-7,10-11H2,1-3H3. The van der Waals surface area contributed by atoms with Crippen molar-refractivity contribution in [2.75, 3.05) is 13.1 Å². The zero-order valence-corrected chi connectivity index (χ0v) is 15.0. The molecule has 25 heavy (non-hydrogen) atoms. The molecule has 1 aliphatic heterocycles. The van der Waals surface area contributed by atoms with Crippen LogP contribution < -0.4 is 4.74 Å². The van der Waals surface area contributed by atoms with Gasteiger partial charge in [0.15, 0.2) is 0 Å². The molecule has 7 nitrogen and oxygen atoms in total. The fourth-order valence-electron chi connectivity index (χ4n) is 3.18. The molecule has 0 saturated carbocycles. The Morgan fingerprint density at radius 3 is 2.96 bits per heavy atom. The second-order valence-corrected chi connectivity index (χ2v) is 6.47. The summed E-state index contributed by atoms with van der Waals surface area (Å²) >= 11 is 0. The molecule has 0 aliphatic carbocycles. The molecule has 0 N–H and O–H groups in total. The lowest BCUT2D eigenvalue weighted by Gasteiger charge is -2.32. The minimum atomic E-state index is -0.0222. The van der Waals surface area contributed by atoms with Gasteiger partial charge in [-0.25, -0.2) is 4.98 Å². The van der Waals surface area contributed by atoms with Gasteiger partial charge >= 0.3 is 0 Å². The van der Waals surface area contributed by atoms with Crippen molar-refractivity contribution in [2.24, 2.45) is 0 Å². The second kappa shape index (κ2) is 7.63. The van der Waals surface area contributed by atoms with Crippen LogP contribution in [0.4, 0.5) is 0 Å². The number of likely N-dealkylation sites (tertiary alicyclic amines) is 1. The quantitative estimate of drug-likeness (QED) is 0.828. The summed E-state index contributed by atoms with van der Waals surface area (Å²) in [4.78, 5) is 22.8. The van der Waals surface area contributed by atoms with Crippen LogP contribution in [0.1, 0.15) is 42.1 Å².